The zero-order valence-corrected chi connectivity index (χ0v) is 12.7. The number of carbonyl (C=O) groups is 3. The molecule has 116 valence electrons. The Balaban J connectivity index is 2.01. The molecule has 1 aliphatic carbocycles. The second-order valence-corrected chi connectivity index (χ2v) is 5.90. The van der Waals surface area contributed by atoms with Gasteiger partial charge in [-0.1, -0.05) is 6.07 Å². The quantitative estimate of drug-likeness (QED) is 0.486. The van der Waals surface area contributed by atoms with E-state index >= 15 is 0 Å². The van der Waals surface area contributed by atoms with E-state index in [0.717, 1.165) is 12.0 Å². The predicted octanol–water partition coefficient (Wildman–Crippen LogP) is 2.24. The monoisotopic (exact) mass is 302 g/mol. The second-order valence-electron chi connectivity index (χ2n) is 5.90. The van der Waals surface area contributed by atoms with Crippen molar-refractivity contribution in [2.45, 2.75) is 38.7 Å². The first kappa shape index (κ1) is 14.8. The average molecular weight is 302 g/mol. The first-order valence-electron chi connectivity index (χ1n) is 7.53. The summed E-state index contributed by atoms with van der Waals surface area (Å²) in [6.45, 7) is 3.65. The molecule has 0 aromatic heterocycles. The van der Waals surface area contributed by atoms with Gasteiger partial charge in [0.1, 0.15) is 17.3 Å². The molecule has 1 aromatic rings. The molecule has 2 aliphatic rings. The number of ether oxygens (including phenoxy) is 2. The summed E-state index contributed by atoms with van der Waals surface area (Å²) >= 11 is 0. The number of Topliss-reactive ketones (excluding diaryl/α,β-unsaturated/α-hetero) is 2. The summed E-state index contributed by atoms with van der Waals surface area (Å²) in [5.74, 6) is -2.66. The first-order chi connectivity index (χ1) is 10.5. The molecule has 1 fully saturated rings. The van der Waals surface area contributed by atoms with Crippen LogP contribution in [0.1, 0.15) is 42.1 Å². The summed E-state index contributed by atoms with van der Waals surface area (Å²) in [5, 5.41) is 0. The zero-order valence-electron chi connectivity index (χ0n) is 12.7. The van der Waals surface area contributed by atoms with Crippen molar-refractivity contribution in [2.75, 3.05) is 6.61 Å². The lowest BCUT2D eigenvalue weighted by Crippen LogP contribution is -2.59. The van der Waals surface area contributed by atoms with Crippen molar-refractivity contribution in [1.82, 2.24) is 0 Å². The maximum absolute atomic E-state index is 12.8. The van der Waals surface area contributed by atoms with Crippen molar-refractivity contribution in [3.63, 3.8) is 0 Å². The van der Waals surface area contributed by atoms with Crippen molar-refractivity contribution in [1.29, 1.82) is 0 Å². The minimum Gasteiger partial charge on any atom is -0.485 e. The van der Waals surface area contributed by atoms with Crippen LogP contribution in [0.2, 0.25) is 0 Å². The summed E-state index contributed by atoms with van der Waals surface area (Å²) in [5.41, 5.74) is 0.476. The van der Waals surface area contributed by atoms with E-state index in [2.05, 4.69) is 0 Å². The molecule has 1 saturated carbocycles. The van der Waals surface area contributed by atoms with Crippen molar-refractivity contribution in [2.24, 2.45) is 5.92 Å². The molecule has 0 saturated heterocycles. The number of aryl methyl sites for hydroxylation is 1. The van der Waals surface area contributed by atoms with Crippen molar-refractivity contribution >= 4 is 17.5 Å². The van der Waals surface area contributed by atoms with Crippen molar-refractivity contribution < 1.29 is 23.9 Å². The molecule has 0 bridgehead atoms. The molecule has 22 heavy (non-hydrogen) atoms. The fraction of sp³-hybridized carbons (Fsp3) is 0.471. The molecule has 1 heterocycles. The van der Waals surface area contributed by atoms with Gasteiger partial charge in [0.25, 0.3) is 5.78 Å². The summed E-state index contributed by atoms with van der Waals surface area (Å²) < 4.78 is 10.8. The van der Waals surface area contributed by atoms with Crippen LogP contribution < -0.4 is 4.74 Å². The molecule has 1 unspecified atom stereocenters. The molecule has 3 rings (SSSR count). The van der Waals surface area contributed by atoms with Gasteiger partial charge in [0.2, 0.25) is 0 Å². The lowest BCUT2D eigenvalue weighted by Gasteiger charge is -2.48. The Morgan fingerprint density at radius 1 is 1.36 bits per heavy atom. The first-order valence-corrected chi connectivity index (χ1v) is 7.53. The fourth-order valence-electron chi connectivity index (χ4n) is 3.18. The minimum absolute atomic E-state index is 0.106. The van der Waals surface area contributed by atoms with E-state index in [-0.39, 0.29) is 12.4 Å². The van der Waals surface area contributed by atoms with Crippen LogP contribution in [0, 0.1) is 12.8 Å². The largest absolute Gasteiger partial charge is 0.485 e. The molecular weight excluding hydrogens is 284 g/mol. The Morgan fingerprint density at radius 3 is 2.68 bits per heavy atom. The van der Waals surface area contributed by atoms with Crippen LogP contribution in [0.25, 0.3) is 0 Å². The third-order valence-corrected chi connectivity index (χ3v) is 4.44. The molecule has 5 nitrogen and oxygen atoms in total. The van der Waals surface area contributed by atoms with Gasteiger partial charge < -0.3 is 9.47 Å². The number of esters is 1. The molecular formula is C17H18O5. The van der Waals surface area contributed by atoms with Crippen molar-refractivity contribution in [3.05, 3.63) is 29.3 Å². The summed E-state index contributed by atoms with van der Waals surface area (Å²) in [6.07, 6.45) is 2.07. The number of hydrogen-bond donors (Lipinski definition) is 0. The zero-order chi connectivity index (χ0) is 15.9. The van der Waals surface area contributed by atoms with Gasteiger partial charge in [-0.15, -0.1) is 0 Å². The number of rotatable bonds is 3. The molecule has 1 aliphatic heterocycles. The van der Waals surface area contributed by atoms with E-state index in [9.17, 15) is 14.4 Å². The Kier molecular flexibility index (Phi) is 3.51. The van der Waals surface area contributed by atoms with Gasteiger partial charge in [-0.3, -0.25) is 9.59 Å². The van der Waals surface area contributed by atoms with Crippen LogP contribution >= 0.6 is 0 Å². The lowest BCUT2D eigenvalue weighted by molar-refractivity contribution is -0.160. The molecule has 5 heteroatoms. The molecule has 1 aromatic carbocycles. The maximum atomic E-state index is 12.8. The highest BCUT2D eigenvalue weighted by Crippen LogP contribution is 2.48. The molecule has 0 amide bonds. The average Bonchev–Trinajstić information content (AvgIpc) is 2.44. The fourth-order valence-corrected chi connectivity index (χ4v) is 3.18. The van der Waals surface area contributed by atoms with E-state index in [1.54, 1.807) is 25.1 Å². The SMILES string of the molecule is CCOC(=O)C(=O)C1C(=O)c2ccc(C)cc2OC12CCC2. The van der Waals surface area contributed by atoms with Gasteiger partial charge in [-0.05, 0) is 50.8 Å². The molecule has 1 spiro atoms. The van der Waals surface area contributed by atoms with Crippen LogP contribution in [0.3, 0.4) is 0 Å². The minimum atomic E-state index is -1.09. The molecule has 0 radical (unpaired) electrons. The third kappa shape index (κ3) is 2.12. The van der Waals surface area contributed by atoms with Crippen LogP contribution in [-0.2, 0) is 14.3 Å². The standard InChI is InChI=1S/C17H18O5/c1-3-21-16(20)15(19)13-14(18)11-6-5-10(2)9-12(11)22-17(13)7-4-8-17/h5-6,9,13H,3-4,7-8H2,1-2H3. The van der Waals surface area contributed by atoms with Gasteiger partial charge in [0.15, 0.2) is 5.78 Å². The van der Waals surface area contributed by atoms with Crippen LogP contribution in [0.5, 0.6) is 5.75 Å². The number of hydrogen-bond acceptors (Lipinski definition) is 5. The maximum Gasteiger partial charge on any atom is 0.375 e. The Labute approximate surface area is 128 Å². The van der Waals surface area contributed by atoms with Gasteiger partial charge in [-0.2, -0.15) is 0 Å². The number of benzene rings is 1. The van der Waals surface area contributed by atoms with Crippen molar-refractivity contribution in [3.8, 4) is 5.75 Å². The summed E-state index contributed by atoms with van der Waals surface area (Å²) in [6, 6.07) is 5.26. The van der Waals surface area contributed by atoms with E-state index < -0.39 is 23.3 Å². The summed E-state index contributed by atoms with van der Waals surface area (Å²) in [7, 11) is 0. The Bertz CT molecular complexity index is 657. The number of ketones is 2. The number of fused-ring (bicyclic) bond motifs is 1. The van der Waals surface area contributed by atoms with E-state index in [1.165, 1.54) is 0 Å². The van der Waals surface area contributed by atoms with Gasteiger partial charge in [0.05, 0.1) is 12.2 Å². The Hall–Kier alpha value is -2.17. The highest BCUT2D eigenvalue weighted by Gasteiger charge is 2.58. The van der Waals surface area contributed by atoms with Gasteiger partial charge in [-0.25, -0.2) is 4.79 Å². The molecule has 0 N–H and O–H groups in total. The third-order valence-electron chi connectivity index (χ3n) is 4.44. The second kappa shape index (κ2) is 5.23. The highest BCUT2D eigenvalue weighted by molar-refractivity contribution is 6.40. The lowest BCUT2D eigenvalue weighted by atomic mass is 9.65. The predicted molar refractivity (Wildman–Crippen MR) is 77.8 cm³/mol. The number of carbonyl (C=O) groups excluding carboxylic acids is 3. The van der Waals surface area contributed by atoms with Gasteiger partial charge >= 0.3 is 5.97 Å². The molecule has 1 atom stereocenters. The van der Waals surface area contributed by atoms with E-state index in [0.29, 0.717) is 24.2 Å². The summed E-state index contributed by atoms with van der Waals surface area (Å²) in [4.78, 5) is 37.0. The van der Waals surface area contributed by atoms with E-state index in [4.69, 9.17) is 9.47 Å². The normalized spacial score (nSPS) is 21.5. The van der Waals surface area contributed by atoms with Crippen LogP contribution in [0.4, 0.5) is 0 Å². The van der Waals surface area contributed by atoms with Crippen LogP contribution in [0.15, 0.2) is 18.2 Å². The Morgan fingerprint density at radius 2 is 2.09 bits per heavy atom. The smallest absolute Gasteiger partial charge is 0.375 e. The van der Waals surface area contributed by atoms with E-state index in [1.807, 2.05) is 6.92 Å². The van der Waals surface area contributed by atoms with Gasteiger partial charge in [0, 0.05) is 0 Å². The highest BCUT2D eigenvalue weighted by atomic mass is 16.5. The topological polar surface area (TPSA) is 69.7 Å². The van der Waals surface area contributed by atoms with Crippen LogP contribution in [-0.4, -0.2) is 29.7 Å².